The average Bonchev–Trinajstić information content (AvgIpc) is 3.20. The molecule has 0 spiro atoms. The maximum absolute atomic E-state index is 13.9. The fourth-order valence-electron chi connectivity index (χ4n) is 5.62. The van der Waals surface area contributed by atoms with E-state index in [1.54, 1.807) is 0 Å². The van der Waals surface area contributed by atoms with Crippen molar-refractivity contribution in [1.82, 2.24) is 15.1 Å². The third-order valence-corrected chi connectivity index (χ3v) is 7.91. The van der Waals surface area contributed by atoms with E-state index in [0.29, 0.717) is 11.5 Å². The van der Waals surface area contributed by atoms with E-state index in [1.807, 2.05) is 11.6 Å². The minimum Gasteiger partial charge on any atom is -0.366 e. The summed E-state index contributed by atoms with van der Waals surface area (Å²) < 4.78 is 2.03. The Morgan fingerprint density at radius 2 is 1.88 bits per heavy atom. The van der Waals surface area contributed by atoms with Gasteiger partial charge in [-0.2, -0.15) is 5.10 Å². The zero-order valence-electron chi connectivity index (χ0n) is 21.6. The summed E-state index contributed by atoms with van der Waals surface area (Å²) in [6.45, 7) is 12.9. The Labute approximate surface area is 204 Å². The number of rotatable bonds is 7. The van der Waals surface area contributed by atoms with E-state index >= 15 is 0 Å². The van der Waals surface area contributed by atoms with Gasteiger partial charge in [-0.05, 0) is 64.0 Å². The molecule has 5 heteroatoms. The number of fused-ring (bicyclic) bond motifs is 1. The molecular formula is C29H40N4O. The molecule has 2 atom stereocenters. The van der Waals surface area contributed by atoms with Crippen molar-refractivity contribution in [3.8, 4) is 0 Å². The van der Waals surface area contributed by atoms with Crippen LogP contribution in [0.4, 0.5) is 5.82 Å². The molecule has 1 unspecified atom stereocenters. The highest BCUT2D eigenvalue weighted by Crippen LogP contribution is 2.39. The smallest absolute Gasteiger partial charge is 0.257 e. The maximum atomic E-state index is 13.9. The second-order valence-electron chi connectivity index (χ2n) is 10.5. The molecule has 4 rings (SSSR count). The topological polar surface area (TPSA) is 59.0 Å². The number of anilines is 1. The number of aryl methyl sites for hydroxylation is 2. The number of carbonyl (C=O) groups excluding carboxylic acids is 1. The molecule has 2 aliphatic rings. The SMILES string of the molecule is CCc1ccc(C(CC)(CC)NC(=O)c2c(C)nn3c2N[C@@H](C2C=CC=CC2)CC3(C)C)cc1. The standard InChI is InChI=1S/C29H40N4O/c1-7-21-15-17-23(18-16-21)29(8-2,9-3)31-27(34)25-20(4)32-33-26(25)30-24(19-28(33,5)6)22-13-11-10-12-14-22/h10-13,15-18,22,24,30H,7-9,14,19H2,1-6H3,(H,31,34)/t22?,24-/m1/s1. The first-order chi connectivity index (χ1) is 16.2. The third-order valence-electron chi connectivity index (χ3n) is 7.91. The fourth-order valence-corrected chi connectivity index (χ4v) is 5.62. The molecule has 1 aromatic heterocycles. The fraction of sp³-hybridized carbons (Fsp3) is 0.517. The van der Waals surface area contributed by atoms with Gasteiger partial charge in [0.2, 0.25) is 0 Å². The third kappa shape index (κ3) is 4.33. The van der Waals surface area contributed by atoms with Crippen LogP contribution in [0.5, 0.6) is 0 Å². The molecular weight excluding hydrogens is 420 g/mol. The normalized spacial score (nSPS) is 21.1. The van der Waals surface area contributed by atoms with Crippen molar-refractivity contribution in [2.45, 2.75) is 90.8 Å². The molecule has 1 aromatic carbocycles. The van der Waals surface area contributed by atoms with Crippen molar-refractivity contribution in [2.75, 3.05) is 5.32 Å². The van der Waals surface area contributed by atoms with E-state index in [1.165, 1.54) is 5.56 Å². The number of carbonyl (C=O) groups is 1. The second kappa shape index (κ2) is 9.44. The quantitative estimate of drug-likeness (QED) is 0.513. The van der Waals surface area contributed by atoms with Crippen molar-refractivity contribution in [1.29, 1.82) is 0 Å². The summed E-state index contributed by atoms with van der Waals surface area (Å²) in [6, 6.07) is 8.96. The van der Waals surface area contributed by atoms with Crippen LogP contribution in [0.3, 0.4) is 0 Å². The lowest BCUT2D eigenvalue weighted by Crippen LogP contribution is -2.47. The minimum atomic E-state index is -0.412. The number of allylic oxidation sites excluding steroid dienone is 3. The number of nitrogens with one attached hydrogen (secondary N) is 2. The zero-order valence-corrected chi connectivity index (χ0v) is 21.6. The maximum Gasteiger partial charge on any atom is 0.257 e. The van der Waals surface area contributed by atoms with Gasteiger partial charge in [-0.15, -0.1) is 0 Å². The van der Waals surface area contributed by atoms with E-state index in [0.717, 1.165) is 49.2 Å². The van der Waals surface area contributed by atoms with Crippen molar-refractivity contribution in [2.24, 2.45) is 5.92 Å². The highest BCUT2D eigenvalue weighted by Gasteiger charge is 2.40. The predicted molar refractivity (Wildman–Crippen MR) is 140 cm³/mol. The molecule has 1 aliphatic carbocycles. The predicted octanol–water partition coefficient (Wildman–Crippen LogP) is 6.25. The lowest BCUT2D eigenvalue weighted by molar-refractivity contribution is 0.0889. The summed E-state index contributed by atoms with van der Waals surface area (Å²) >= 11 is 0. The van der Waals surface area contributed by atoms with Crippen molar-refractivity contribution in [3.63, 3.8) is 0 Å². The Balaban J connectivity index is 1.68. The number of nitrogens with zero attached hydrogens (tertiary/aromatic N) is 2. The van der Waals surface area contributed by atoms with Crippen LogP contribution in [0.2, 0.25) is 0 Å². The molecule has 0 radical (unpaired) electrons. The van der Waals surface area contributed by atoms with Crippen LogP contribution < -0.4 is 10.6 Å². The highest BCUT2D eigenvalue weighted by atomic mass is 16.2. The number of hydrogen-bond donors (Lipinski definition) is 2. The largest absolute Gasteiger partial charge is 0.366 e. The van der Waals surface area contributed by atoms with Crippen LogP contribution in [-0.2, 0) is 17.5 Å². The van der Waals surface area contributed by atoms with E-state index in [9.17, 15) is 4.79 Å². The minimum absolute atomic E-state index is 0.0509. The first-order valence-electron chi connectivity index (χ1n) is 12.9. The molecule has 1 aliphatic heterocycles. The molecule has 0 fully saturated rings. The molecule has 182 valence electrons. The molecule has 34 heavy (non-hydrogen) atoms. The number of hydrogen-bond acceptors (Lipinski definition) is 3. The lowest BCUT2D eigenvalue weighted by Gasteiger charge is -2.41. The van der Waals surface area contributed by atoms with Crippen molar-refractivity contribution < 1.29 is 4.79 Å². The molecule has 2 N–H and O–H groups in total. The van der Waals surface area contributed by atoms with Gasteiger partial charge in [0, 0.05) is 12.0 Å². The van der Waals surface area contributed by atoms with Gasteiger partial charge in [-0.3, -0.25) is 4.79 Å². The molecule has 1 amide bonds. The van der Waals surface area contributed by atoms with E-state index in [4.69, 9.17) is 5.10 Å². The summed E-state index contributed by atoms with van der Waals surface area (Å²) in [7, 11) is 0. The average molecular weight is 461 g/mol. The van der Waals surface area contributed by atoms with Crippen LogP contribution >= 0.6 is 0 Å². The molecule has 0 saturated heterocycles. The van der Waals surface area contributed by atoms with E-state index in [-0.39, 0.29) is 17.5 Å². The zero-order chi connectivity index (χ0) is 24.5. The molecule has 2 heterocycles. The second-order valence-corrected chi connectivity index (χ2v) is 10.5. The number of amides is 1. The first kappa shape index (κ1) is 24.3. The highest BCUT2D eigenvalue weighted by molar-refractivity contribution is 6.00. The molecule has 5 nitrogen and oxygen atoms in total. The van der Waals surface area contributed by atoms with Crippen LogP contribution in [0.15, 0.2) is 48.6 Å². The van der Waals surface area contributed by atoms with Crippen molar-refractivity contribution in [3.05, 3.63) is 71.0 Å². The van der Waals surface area contributed by atoms with E-state index in [2.05, 4.69) is 93.8 Å². The number of benzene rings is 1. The summed E-state index contributed by atoms with van der Waals surface area (Å²) in [5.74, 6) is 1.21. The Bertz CT molecular complexity index is 1090. The van der Waals surface area contributed by atoms with Gasteiger partial charge < -0.3 is 10.6 Å². The first-order valence-corrected chi connectivity index (χ1v) is 12.9. The summed E-state index contributed by atoms with van der Waals surface area (Å²) in [6.07, 6.45) is 13.4. The van der Waals surface area contributed by atoms with Gasteiger partial charge in [-0.1, -0.05) is 69.3 Å². The Kier molecular flexibility index (Phi) is 6.75. The molecule has 0 saturated carbocycles. The summed E-state index contributed by atoms with van der Waals surface area (Å²) in [5, 5.41) is 12.0. The monoisotopic (exact) mass is 460 g/mol. The summed E-state index contributed by atoms with van der Waals surface area (Å²) in [4.78, 5) is 13.9. The van der Waals surface area contributed by atoms with Crippen molar-refractivity contribution >= 4 is 11.7 Å². The van der Waals surface area contributed by atoms with Crippen LogP contribution in [0, 0.1) is 12.8 Å². The molecule has 0 bridgehead atoms. The van der Waals surface area contributed by atoms with Crippen LogP contribution in [0.25, 0.3) is 0 Å². The summed E-state index contributed by atoms with van der Waals surface area (Å²) in [5.41, 5.74) is 3.32. The Hall–Kier alpha value is -2.82. The Morgan fingerprint density at radius 3 is 2.47 bits per heavy atom. The van der Waals surface area contributed by atoms with Gasteiger partial charge in [0.1, 0.15) is 11.4 Å². The Morgan fingerprint density at radius 1 is 1.18 bits per heavy atom. The van der Waals surface area contributed by atoms with Gasteiger partial charge in [-0.25, -0.2) is 4.68 Å². The van der Waals surface area contributed by atoms with Gasteiger partial charge in [0.15, 0.2) is 0 Å². The lowest BCUT2D eigenvalue weighted by atomic mass is 9.82. The van der Waals surface area contributed by atoms with Gasteiger partial charge in [0.25, 0.3) is 5.91 Å². The number of aromatic nitrogens is 2. The van der Waals surface area contributed by atoms with E-state index < -0.39 is 5.54 Å². The van der Waals surface area contributed by atoms with Crippen LogP contribution in [0.1, 0.15) is 87.5 Å². The van der Waals surface area contributed by atoms with Crippen LogP contribution in [-0.4, -0.2) is 21.7 Å². The molecule has 2 aromatic rings. The van der Waals surface area contributed by atoms with Gasteiger partial charge in [0.05, 0.1) is 16.8 Å². The van der Waals surface area contributed by atoms with Gasteiger partial charge >= 0.3 is 0 Å².